The van der Waals surface area contributed by atoms with Crippen molar-refractivity contribution in [2.24, 2.45) is 0 Å². The van der Waals surface area contributed by atoms with Gasteiger partial charge in [0.25, 0.3) is 0 Å². The Balaban J connectivity index is 1.57. The molecule has 0 fully saturated rings. The van der Waals surface area contributed by atoms with Crippen LogP contribution in [0.1, 0.15) is 5.76 Å². The second-order valence-electron chi connectivity index (χ2n) is 8.82. The number of fused-ring (bicyclic) bond motifs is 3. The van der Waals surface area contributed by atoms with Gasteiger partial charge in [0.1, 0.15) is 17.1 Å². The topological polar surface area (TPSA) is 72.5 Å². The van der Waals surface area contributed by atoms with Crippen molar-refractivity contribution in [1.29, 1.82) is 0 Å². The molecule has 0 aliphatic rings. The highest BCUT2D eigenvalue weighted by Crippen LogP contribution is 2.41. The highest BCUT2D eigenvalue weighted by molar-refractivity contribution is 6.09. The third-order valence-electron chi connectivity index (χ3n) is 6.69. The van der Waals surface area contributed by atoms with Crippen molar-refractivity contribution < 1.29 is 4.52 Å². The Bertz CT molecular complexity index is 1850. The van der Waals surface area contributed by atoms with Crippen molar-refractivity contribution in [2.75, 3.05) is 0 Å². The molecule has 172 valence electrons. The number of aryl methyl sites for hydroxylation is 1. The van der Waals surface area contributed by atoms with Gasteiger partial charge in [-0.3, -0.25) is 5.10 Å². The average Bonchev–Trinajstić information content (AvgIpc) is 3.68. The molecule has 6 nitrogen and oxygen atoms in total. The summed E-state index contributed by atoms with van der Waals surface area (Å²) in [5.74, 6) is 0.773. The maximum absolute atomic E-state index is 5.78. The Morgan fingerprint density at radius 1 is 0.778 bits per heavy atom. The van der Waals surface area contributed by atoms with E-state index in [4.69, 9.17) is 4.52 Å². The summed E-state index contributed by atoms with van der Waals surface area (Å²) in [5, 5.41) is 19.0. The van der Waals surface area contributed by atoms with Crippen LogP contribution in [0, 0.1) is 6.92 Å². The van der Waals surface area contributed by atoms with Crippen LogP contribution in [0.25, 0.3) is 61.1 Å². The molecule has 3 heterocycles. The molecule has 3 aromatic heterocycles. The second kappa shape index (κ2) is 8.06. The minimum absolute atomic E-state index is 0.773. The monoisotopic (exact) mass is 467 g/mol. The van der Waals surface area contributed by atoms with E-state index in [1.54, 1.807) is 6.20 Å². The van der Waals surface area contributed by atoms with E-state index in [-0.39, 0.29) is 0 Å². The molecule has 0 radical (unpaired) electrons. The molecule has 0 unspecified atom stereocenters. The van der Waals surface area contributed by atoms with Gasteiger partial charge in [0.2, 0.25) is 0 Å². The smallest absolute Gasteiger partial charge is 0.143 e. The largest absolute Gasteiger partial charge is 0.360 e. The standard InChI is InChI=1S/C30H21N5O/c1-19-29(30(33-36-19)21-9-3-2-4-10-21)28-17-25-24-13-6-5-8-20(24)14-15-27(25)35(28)23-12-7-11-22(16-23)26-18-31-34-32-26/h2-18H,1H3,(H,31,32,34). The Labute approximate surface area is 206 Å². The van der Waals surface area contributed by atoms with Crippen molar-refractivity contribution in [1.82, 2.24) is 25.1 Å². The molecule has 7 rings (SSSR count). The molecule has 0 spiro atoms. The molecule has 36 heavy (non-hydrogen) atoms. The summed E-state index contributed by atoms with van der Waals surface area (Å²) >= 11 is 0. The predicted molar refractivity (Wildman–Crippen MR) is 142 cm³/mol. The van der Waals surface area contributed by atoms with E-state index in [9.17, 15) is 0 Å². The van der Waals surface area contributed by atoms with Gasteiger partial charge in [-0.05, 0) is 42.0 Å². The number of H-pyrrole nitrogens is 1. The van der Waals surface area contributed by atoms with Crippen LogP contribution in [0.15, 0.2) is 108 Å². The van der Waals surface area contributed by atoms with Crippen LogP contribution < -0.4 is 0 Å². The van der Waals surface area contributed by atoms with Gasteiger partial charge >= 0.3 is 0 Å². The van der Waals surface area contributed by atoms with Crippen LogP contribution in [0.3, 0.4) is 0 Å². The van der Waals surface area contributed by atoms with Gasteiger partial charge in [-0.25, -0.2) is 0 Å². The fraction of sp³-hybridized carbons (Fsp3) is 0.0333. The Morgan fingerprint density at radius 2 is 1.61 bits per heavy atom. The number of hydrogen-bond donors (Lipinski definition) is 1. The van der Waals surface area contributed by atoms with Crippen molar-refractivity contribution >= 4 is 21.7 Å². The number of benzene rings is 4. The summed E-state index contributed by atoms with van der Waals surface area (Å²) < 4.78 is 8.06. The fourth-order valence-electron chi connectivity index (χ4n) is 5.04. The molecule has 0 saturated carbocycles. The zero-order valence-electron chi connectivity index (χ0n) is 19.5. The first kappa shape index (κ1) is 20.4. The van der Waals surface area contributed by atoms with Gasteiger partial charge < -0.3 is 9.09 Å². The van der Waals surface area contributed by atoms with Gasteiger partial charge in [0, 0.05) is 28.4 Å². The van der Waals surface area contributed by atoms with E-state index >= 15 is 0 Å². The first-order chi connectivity index (χ1) is 17.8. The molecular weight excluding hydrogens is 446 g/mol. The molecule has 7 aromatic rings. The quantitative estimate of drug-likeness (QED) is 0.297. The molecule has 0 bridgehead atoms. The number of nitrogens with one attached hydrogen (secondary N) is 1. The lowest BCUT2D eigenvalue weighted by molar-refractivity contribution is 0.400. The maximum atomic E-state index is 5.78. The summed E-state index contributed by atoms with van der Waals surface area (Å²) in [6.07, 6.45) is 1.80. The average molecular weight is 468 g/mol. The number of nitrogens with zero attached hydrogens (tertiary/aromatic N) is 4. The summed E-state index contributed by atoms with van der Waals surface area (Å²) in [4.78, 5) is 0. The van der Waals surface area contributed by atoms with E-state index in [2.05, 4.69) is 97.9 Å². The number of rotatable bonds is 4. The Kier molecular flexibility index (Phi) is 4.57. The Hall–Kier alpha value is -4.97. The van der Waals surface area contributed by atoms with Crippen LogP contribution in [0.2, 0.25) is 0 Å². The van der Waals surface area contributed by atoms with Crippen LogP contribution in [0.4, 0.5) is 0 Å². The zero-order valence-corrected chi connectivity index (χ0v) is 19.5. The van der Waals surface area contributed by atoms with Crippen molar-refractivity contribution in [2.45, 2.75) is 6.92 Å². The molecule has 0 amide bonds. The molecule has 0 atom stereocenters. The molecular formula is C30H21N5O. The van der Waals surface area contributed by atoms with Crippen molar-refractivity contribution in [3.63, 3.8) is 0 Å². The number of aromatic nitrogens is 5. The van der Waals surface area contributed by atoms with Gasteiger partial charge in [-0.1, -0.05) is 83.2 Å². The first-order valence-electron chi connectivity index (χ1n) is 11.8. The van der Waals surface area contributed by atoms with E-state index in [0.717, 1.165) is 50.7 Å². The lowest BCUT2D eigenvalue weighted by Crippen LogP contribution is -1.98. The molecule has 0 saturated heterocycles. The van der Waals surface area contributed by atoms with Crippen LogP contribution >= 0.6 is 0 Å². The second-order valence-corrected chi connectivity index (χ2v) is 8.82. The van der Waals surface area contributed by atoms with Gasteiger partial charge in [-0.2, -0.15) is 0 Å². The van der Waals surface area contributed by atoms with Crippen molar-refractivity contribution in [3.05, 3.63) is 109 Å². The molecule has 1 N–H and O–H groups in total. The van der Waals surface area contributed by atoms with E-state index in [1.165, 1.54) is 16.2 Å². The summed E-state index contributed by atoms with van der Waals surface area (Å²) in [5.41, 5.74) is 7.77. The van der Waals surface area contributed by atoms with E-state index in [0.29, 0.717) is 0 Å². The zero-order chi connectivity index (χ0) is 24.1. The molecule has 4 aromatic carbocycles. The van der Waals surface area contributed by atoms with Crippen molar-refractivity contribution in [3.8, 4) is 39.5 Å². The van der Waals surface area contributed by atoms with E-state index in [1.807, 2.05) is 31.2 Å². The first-order valence-corrected chi connectivity index (χ1v) is 11.8. The predicted octanol–water partition coefficient (Wildman–Crippen LogP) is 7.20. The van der Waals surface area contributed by atoms with Crippen LogP contribution in [0.5, 0.6) is 0 Å². The normalized spacial score (nSPS) is 11.5. The number of hydrogen-bond acceptors (Lipinski definition) is 4. The third kappa shape index (κ3) is 3.15. The summed E-state index contributed by atoms with van der Waals surface area (Å²) in [6, 6.07) is 33.6. The van der Waals surface area contributed by atoms with Gasteiger partial charge in [-0.15, -0.1) is 5.10 Å². The number of aromatic amines is 1. The van der Waals surface area contributed by atoms with E-state index < -0.39 is 0 Å². The van der Waals surface area contributed by atoms with Crippen LogP contribution in [-0.2, 0) is 0 Å². The molecule has 0 aliphatic heterocycles. The minimum atomic E-state index is 0.773. The SMILES string of the molecule is Cc1onc(-c2ccccc2)c1-c1cc2c3ccccc3ccc2n1-c1cccc(-c2c[nH]nn2)c1. The lowest BCUT2D eigenvalue weighted by Gasteiger charge is -2.13. The lowest BCUT2D eigenvalue weighted by atomic mass is 10.0. The Morgan fingerprint density at radius 3 is 2.47 bits per heavy atom. The molecule has 6 heteroatoms. The maximum Gasteiger partial charge on any atom is 0.143 e. The fourth-order valence-corrected chi connectivity index (χ4v) is 5.04. The minimum Gasteiger partial charge on any atom is -0.360 e. The summed E-state index contributed by atoms with van der Waals surface area (Å²) in [6.45, 7) is 1.97. The summed E-state index contributed by atoms with van der Waals surface area (Å²) in [7, 11) is 0. The van der Waals surface area contributed by atoms with Gasteiger partial charge in [0.15, 0.2) is 0 Å². The highest BCUT2D eigenvalue weighted by atomic mass is 16.5. The highest BCUT2D eigenvalue weighted by Gasteiger charge is 2.23. The van der Waals surface area contributed by atoms with Crippen LogP contribution in [-0.4, -0.2) is 25.1 Å². The molecule has 0 aliphatic carbocycles. The third-order valence-corrected chi connectivity index (χ3v) is 6.69. The van der Waals surface area contributed by atoms with Gasteiger partial charge in [0.05, 0.1) is 16.8 Å².